The van der Waals surface area contributed by atoms with Crippen LogP contribution in [0.15, 0.2) is 84.9 Å². The van der Waals surface area contributed by atoms with Crippen molar-refractivity contribution in [3.63, 3.8) is 0 Å². The zero-order valence-electron chi connectivity index (χ0n) is 35.5. The van der Waals surface area contributed by atoms with Crippen LogP contribution in [-0.2, 0) is 52.9 Å². The molecule has 4 aliphatic rings. The summed E-state index contributed by atoms with van der Waals surface area (Å²) in [4.78, 5) is 104. The van der Waals surface area contributed by atoms with Gasteiger partial charge in [-0.15, -0.1) is 0 Å². The van der Waals surface area contributed by atoms with Gasteiger partial charge >= 0.3 is 0 Å². The summed E-state index contributed by atoms with van der Waals surface area (Å²) in [6, 6.07) is 17.5. The Kier molecular flexibility index (Phi) is 14.8. The Morgan fingerprint density at radius 3 is 2.05 bits per heavy atom. The average Bonchev–Trinajstić information content (AvgIpc) is 3.70. The molecule has 8 atom stereocenters. The lowest BCUT2D eigenvalue weighted by atomic mass is 9.84. The quantitative estimate of drug-likeness (QED) is 0.143. The molecule has 7 amide bonds. The number of fused-ring (bicyclic) bond motifs is 5. The smallest absolute Gasteiger partial charge is 0.247 e. The van der Waals surface area contributed by atoms with E-state index in [1.807, 2.05) is 42.5 Å². The van der Waals surface area contributed by atoms with Crippen LogP contribution >= 0.6 is 0 Å². The maximum absolute atomic E-state index is 15.2. The standard InChI is InChI=1S/C47H59N9O7/c48-22-12-11-20-34-42(58)52-35(26-49)46(62)56-37-21-10-9-18-32(37)25-39(56)47(63)55-28-33-19-8-7-17-31(33)24-38(55)44(60)53-36(27-50-40(57)23-29-13-3-1-4-14-29)43(59)54-41(45(61)51-34)30-15-5-2-6-16-30/h1-8,13-17,19,32,34-39,41H,9-12,18,20-28,48-49H2,(H,50,57)(H,51,61)(H,52,58)(H,53,60)(H,54,59)/t32?,34-,35-,36-,37?,38+,39-,41-/m0/s1. The van der Waals surface area contributed by atoms with E-state index in [9.17, 15) is 28.8 Å². The van der Waals surface area contributed by atoms with Crippen molar-refractivity contribution in [3.8, 4) is 0 Å². The molecule has 0 aromatic heterocycles. The molecule has 16 heteroatoms. The molecule has 16 nitrogen and oxygen atoms in total. The van der Waals surface area contributed by atoms with Gasteiger partial charge in [-0.25, -0.2) is 0 Å². The summed E-state index contributed by atoms with van der Waals surface area (Å²) >= 11 is 0. The van der Waals surface area contributed by atoms with Crippen LogP contribution in [0.5, 0.6) is 0 Å². The van der Waals surface area contributed by atoms with Crippen LogP contribution in [-0.4, -0.2) is 107 Å². The van der Waals surface area contributed by atoms with Crippen molar-refractivity contribution in [3.05, 3.63) is 107 Å². The van der Waals surface area contributed by atoms with Crippen molar-refractivity contribution in [2.45, 2.75) is 113 Å². The van der Waals surface area contributed by atoms with Gasteiger partial charge in [-0.3, -0.25) is 33.6 Å². The van der Waals surface area contributed by atoms with E-state index in [1.54, 1.807) is 47.4 Å². The molecule has 3 aliphatic heterocycles. The van der Waals surface area contributed by atoms with Gasteiger partial charge in [0.25, 0.3) is 0 Å². The minimum atomic E-state index is -1.41. The van der Waals surface area contributed by atoms with E-state index in [-0.39, 0.29) is 50.9 Å². The van der Waals surface area contributed by atoms with E-state index >= 15 is 4.79 Å². The largest absolute Gasteiger partial charge is 0.353 e. The second kappa shape index (κ2) is 20.8. The Bertz CT molecular complexity index is 2140. The predicted octanol–water partition coefficient (Wildman–Crippen LogP) is 0.872. The highest BCUT2D eigenvalue weighted by atomic mass is 16.2. The van der Waals surface area contributed by atoms with Crippen LogP contribution in [0.1, 0.15) is 79.7 Å². The molecular formula is C47H59N9O7. The van der Waals surface area contributed by atoms with Crippen LogP contribution in [0.2, 0.25) is 0 Å². The van der Waals surface area contributed by atoms with Crippen LogP contribution in [0.25, 0.3) is 0 Å². The van der Waals surface area contributed by atoms with E-state index in [0.29, 0.717) is 37.8 Å². The van der Waals surface area contributed by atoms with Gasteiger partial charge in [0.15, 0.2) is 0 Å². The number of carbonyl (C=O) groups is 7. The third-order valence-corrected chi connectivity index (χ3v) is 12.9. The maximum atomic E-state index is 15.2. The fourth-order valence-corrected chi connectivity index (χ4v) is 9.59. The molecular weight excluding hydrogens is 803 g/mol. The number of carbonyl (C=O) groups excluding carboxylic acids is 7. The second-order valence-corrected chi connectivity index (χ2v) is 17.1. The normalized spacial score (nSPS) is 27.0. The number of benzene rings is 3. The van der Waals surface area contributed by atoms with Crippen molar-refractivity contribution in [1.29, 1.82) is 0 Å². The molecule has 3 aromatic carbocycles. The summed E-state index contributed by atoms with van der Waals surface area (Å²) in [5, 5.41) is 14.0. The maximum Gasteiger partial charge on any atom is 0.247 e. The summed E-state index contributed by atoms with van der Waals surface area (Å²) < 4.78 is 0. The minimum Gasteiger partial charge on any atom is -0.353 e. The summed E-state index contributed by atoms with van der Waals surface area (Å²) in [7, 11) is 0. The molecule has 1 saturated carbocycles. The third-order valence-electron chi connectivity index (χ3n) is 12.9. The van der Waals surface area contributed by atoms with Crippen LogP contribution in [0.3, 0.4) is 0 Å². The highest BCUT2D eigenvalue weighted by molar-refractivity contribution is 5.99. The van der Waals surface area contributed by atoms with Crippen molar-refractivity contribution in [2.75, 3.05) is 19.6 Å². The molecule has 9 N–H and O–H groups in total. The summed E-state index contributed by atoms with van der Waals surface area (Å²) in [6.07, 6.45) is 4.98. The first kappa shape index (κ1) is 44.9. The van der Waals surface area contributed by atoms with Gasteiger partial charge in [0.05, 0.1) is 6.42 Å². The van der Waals surface area contributed by atoms with Crippen molar-refractivity contribution in [2.24, 2.45) is 17.4 Å². The molecule has 3 heterocycles. The van der Waals surface area contributed by atoms with Crippen LogP contribution < -0.4 is 38.1 Å². The lowest BCUT2D eigenvalue weighted by Gasteiger charge is -2.41. The predicted molar refractivity (Wildman–Crippen MR) is 234 cm³/mol. The van der Waals surface area contributed by atoms with Gasteiger partial charge in [0.1, 0.15) is 36.3 Å². The zero-order valence-corrected chi connectivity index (χ0v) is 35.5. The van der Waals surface area contributed by atoms with Crippen LogP contribution in [0.4, 0.5) is 0 Å². The first-order valence-electron chi connectivity index (χ1n) is 22.2. The van der Waals surface area contributed by atoms with E-state index < -0.39 is 77.6 Å². The molecule has 3 aromatic rings. The van der Waals surface area contributed by atoms with Gasteiger partial charge in [0, 0.05) is 32.1 Å². The number of unbranched alkanes of at least 4 members (excludes halogenated alkanes) is 1. The SMILES string of the molecule is NCCCC[C@@H]1NC(=O)[C@H](c2ccccc2)NC(=O)[C@H](CNC(=O)Cc2ccccc2)NC(=O)[C@H]2Cc3ccccc3CN2C(=O)[C@@H]2CC3CCCCC3N2C(=O)[C@H](CN)NC1=O. The van der Waals surface area contributed by atoms with Gasteiger partial charge < -0.3 is 47.9 Å². The molecule has 1 aliphatic carbocycles. The highest BCUT2D eigenvalue weighted by Crippen LogP contribution is 2.41. The van der Waals surface area contributed by atoms with Gasteiger partial charge in [0.2, 0.25) is 41.4 Å². The number of nitrogens with two attached hydrogens (primary N) is 2. The molecule has 2 saturated heterocycles. The molecule has 2 unspecified atom stereocenters. The van der Waals surface area contributed by atoms with Crippen molar-refractivity contribution < 1.29 is 33.6 Å². The summed E-state index contributed by atoms with van der Waals surface area (Å²) in [5.74, 6) is -4.08. The lowest BCUT2D eigenvalue weighted by molar-refractivity contribution is -0.152. The molecule has 63 heavy (non-hydrogen) atoms. The monoisotopic (exact) mass is 861 g/mol. The first-order chi connectivity index (χ1) is 30.6. The molecule has 7 rings (SSSR count). The van der Waals surface area contributed by atoms with Crippen molar-refractivity contribution in [1.82, 2.24) is 36.4 Å². The zero-order chi connectivity index (χ0) is 44.5. The Balaban J connectivity index is 1.29. The number of rotatable bonds is 10. The third kappa shape index (κ3) is 10.6. The fourth-order valence-electron chi connectivity index (χ4n) is 9.59. The molecule has 0 radical (unpaired) electrons. The number of hydrogen-bond donors (Lipinski definition) is 7. The first-order valence-corrected chi connectivity index (χ1v) is 22.2. The van der Waals surface area contributed by atoms with E-state index in [0.717, 1.165) is 36.0 Å². The van der Waals surface area contributed by atoms with Gasteiger partial charge in [-0.05, 0) is 73.2 Å². The molecule has 0 bridgehead atoms. The highest BCUT2D eigenvalue weighted by Gasteiger charge is 2.51. The van der Waals surface area contributed by atoms with E-state index in [4.69, 9.17) is 11.5 Å². The van der Waals surface area contributed by atoms with E-state index in [1.165, 1.54) is 4.90 Å². The Labute approximate surface area is 367 Å². The summed E-state index contributed by atoms with van der Waals surface area (Å²) in [5.41, 5.74) is 14.9. The molecule has 0 spiro atoms. The van der Waals surface area contributed by atoms with Crippen molar-refractivity contribution >= 4 is 41.4 Å². The van der Waals surface area contributed by atoms with Gasteiger partial charge in [-0.2, -0.15) is 0 Å². The number of hydrogen-bond acceptors (Lipinski definition) is 9. The Morgan fingerprint density at radius 2 is 1.32 bits per heavy atom. The average molecular weight is 862 g/mol. The Hall–Kier alpha value is -6.13. The minimum absolute atomic E-state index is 0.0110. The summed E-state index contributed by atoms with van der Waals surface area (Å²) in [6.45, 7) is -0.191. The van der Waals surface area contributed by atoms with Gasteiger partial charge in [-0.1, -0.05) is 97.8 Å². The fraction of sp³-hybridized carbons (Fsp3) is 0.468. The Morgan fingerprint density at radius 1 is 0.667 bits per heavy atom. The molecule has 334 valence electrons. The molecule has 3 fully saturated rings. The number of nitrogens with zero attached hydrogens (tertiary/aromatic N) is 2. The van der Waals surface area contributed by atoms with Crippen LogP contribution in [0, 0.1) is 5.92 Å². The number of amides is 7. The number of nitrogens with one attached hydrogen (secondary N) is 5. The second-order valence-electron chi connectivity index (χ2n) is 17.1. The lowest BCUT2D eigenvalue weighted by Crippen LogP contribution is -2.64. The topological polar surface area (TPSA) is 238 Å². The van der Waals surface area contributed by atoms with E-state index in [2.05, 4.69) is 26.6 Å².